The van der Waals surface area contributed by atoms with Crippen LogP contribution in [0.3, 0.4) is 0 Å². The Bertz CT molecular complexity index is 266. The van der Waals surface area contributed by atoms with Gasteiger partial charge in [-0.3, -0.25) is 0 Å². The Hall–Kier alpha value is -0.570. The normalized spacial score (nSPS) is 22.5. The molecule has 1 aliphatic rings. The summed E-state index contributed by atoms with van der Waals surface area (Å²) >= 11 is 0. The molecule has 0 radical (unpaired) electrons. The van der Waals surface area contributed by atoms with Crippen LogP contribution in [0.2, 0.25) is 0 Å². The second-order valence-electron chi connectivity index (χ2n) is 3.29. The minimum Gasteiger partial charge on any atom is -0.342 e. The van der Waals surface area contributed by atoms with Crippen LogP contribution < -0.4 is 0 Å². The Balaban J connectivity index is 3.10. The summed E-state index contributed by atoms with van der Waals surface area (Å²) in [5.74, 6) is -15.0. The van der Waals surface area contributed by atoms with E-state index >= 15 is 0 Å². The Kier molecular flexibility index (Phi) is 2.92. The monoisotopic (exact) mass is 256 g/mol. The second kappa shape index (κ2) is 3.46. The first-order valence-electron chi connectivity index (χ1n) is 4.06. The summed E-state index contributed by atoms with van der Waals surface area (Å²) in [4.78, 5) is 0. The Morgan fingerprint density at radius 1 is 0.875 bits per heavy atom. The molecule has 0 N–H and O–H groups in total. The number of ether oxygens (including phenoxy) is 2. The molecule has 1 fully saturated rings. The summed E-state index contributed by atoms with van der Waals surface area (Å²) in [5, 5.41) is 0. The van der Waals surface area contributed by atoms with E-state index in [9.17, 15) is 30.7 Å². The van der Waals surface area contributed by atoms with Gasteiger partial charge < -0.3 is 9.47 Å². The molecule has 1 saturated heterocycles. The van der Waals surface area contributed by atoms with Gasteiger partial charge in [-0.15, -0.1) is 0 Å². The topological polar surface area (TPSA) is 18.5 Å². The first-order valence-corrected chi connectivity index (χ1v) is 4.06. The van der Waals surface area contributed by atoms with Crippen LogP contribution >= 0.6 is 0 Å². The summed E-state index contributed by atoms with van der Waals surface area (Å²) in [6.45, 7) is -0.598. The van der Waals surface area contributed by atoms with Crippen LogP contribution in [-0.2, 0) is 9.47 Å². The SMILES string of the molecule is CC1(C(F)(F)C(F)(F)C(F)(F)F)OCCO1. The van der Waals surface area contributed by atoms with Crippen molar-refractivity contribution in [3.63, 3.8) is 0 Å². The van der Waals surface area contributed by atoms with Gasteiger partial charge >= 0.3 is 18.0 Å². The highest BCUT2D eigenvalue weighted by molar-refractivity contribution is 5.00. The molecular weight excluding hydrogens is 249 g/mol. The van der Waals surface area contributed by atoms with E-state index in [1.165, 1.54) is 0 Å². The molecule has 0 aliphatic carbocycles. The molecule has 1 rings (SSSR count). The lowest BCUT2D eigenvalue weighted by molar-refractivity contribution is -0.415. The van der Waals surface area contributed by atoms with Crippen LogP contribution in [0.4, 0.5) is 30.7 Å². The van der Waals surface area contributed by atoms with E-state index in [0.29, 0.717) is 6.92 Å². The molecule has 0 unspecified atom stereocenters. The maximum absolute atomic E-state index is 13.1. The molecule has 1 heterocycles. The molecule has 0 bridgehead atoms. The zero-order chi connectivity index (χ0) is 12.8. The number of hydrogen-bond donors (Lipinski definition) is 0. The highest BCUT2D eigenvalue weighted by Gasteiger charge is 2.80. The lowest BCUT2D eigenvalue weighted by Gasteiger charge is -2.37. The van der Waals surface area contributed by atoms with E-state index in [1.807, 2.05) is 0 Å². The van der Waals surface area contributed by atoms with Gasteiger partial charge in [-0.25, -0.2) is 0 Å². The van der Waals surface area contributed by atoms with Crippen molar-refractivity contribution in [3.8, 4) is 0 Å². The van der Waals surface area contributed by atoms with Gasteiger partial charge in [-0.05, 0) is 6.92 Å². The minimum atomic E-state index is -6.38. The summed E-state index contributed by atoms with van der Waals surface area (Å²) in [7, 11) is 0. The number of alkyl halides is 7. The highest BCUT2D eigenvalue weighted by Crippen LogP contribution is 2.53. The third-order valence-corrected chi connectivity index (χ3v) is 2.16. The first kappa shape index (κ1) is 13.5. The standard InChI is InChI=1S/C7H7F7O2/c1-4(15-2-3-16-4)5(8,9)6(10,11)7(12,13)14/h2-3H2,1H3. The molecule has 1 aliphatic heterocycles. The minimum absolute atomic E-state index is 0.347. The molecule has 0 aromatic heterocycles. The molecule has 0 spiro atoms. The van der Waals surface area contributed by atoms with Crippen molar-refractivity contribution >= 4 is 0 Å². The van der Waals surface area contributed by atoms with Gasteiger partial charge in [0.1, 0.15) is 0 Å². The number of hydrogen-bond acceptors (Lipinski definition) is 2. The summed E-state index contributed by atoms with van der Waals surface area (Å²) < 4.78 is 95.0. The lowest BCUT2D eigenvalue weighted by Crippen LogP contribution is -2.63. The van der Waals surface area contributed by atoms with Gasteiger partial charge in [0.05, 0.1) is 13.2 Å². The second-order valence-corrected chi connectivity index (χ2v) is 3.29. The zero-order valence-corrected chi connectivity index (χ0v) is 7.88. The van der Waals surface area contributed by atoms with Crippen molar-refractivity contribution in [1.29, 1.82) is 0 Å². The van der Waals surface area contributed by atoms with E-state index in [-0.39, 0.29) is 0 Å². The maximum atomic E-state index is 13.1. The number of halogens is 7. The van der Waals surface area contributed by atoms with Crippen molar-refractivity contribution in [2.24, 2.45) is 0 Å². The average Bonchev–Trinajstić information content (AvgIpc) is 2.51. The van der Waals surface area contributed by atoms with E-state index in [4.69, 9.17) is 0 Å². The molecule has 0 amide bonds. The van der Waals surface area contributed by atoms with E-state index in [0.717, 1.165) is 0 Å². The molecule has 0 aromatic carbocycles. The van der Waals surface area contributed by atoms with Gasteiger partial charge in [0.2, 0.25) is 5.79 Å². The third-order valence-electron chi connectivity index (χ3n) is 2.16. The summed E-state index contributed by atoms with van der Waals surface area (Å²) in [6.07, 6.45) is -6.38. The van der Waals surface area contributed by atoms with Crippen molar-refractivity contribution in [2.45, 2.75) is 30.7 Å². The van der Waals surface area contributed by atoms with E-state index < -0.39 is 37.0 Å². The van der Waals surface area contributed by atoms with Crippen LogP contribution in [0, 0.1) is 0 Å². The largest absolute Gasteiger partial charge is 0.460 e. The fourth-order valence-electron chi connectivity index (χ4n) is 1.16. The lowest BCUT2D eigenvalue weighted by atomic mass is 10.0. The molecule has 0 aromatic rings. The van der Waals surface area contributed by atoms with Crippen molar-refractivity contribution < 1.29 is 40.2 Å². The molecule has 16 heavy (non-hydrogen) atoms. The van der Waals surface area contributed by atoms with Crippen LogP contribution in [0.5, 0.6) is 0 Å². The van der Waals surface area contributed by atoms with Crippen LogP contribution in [0.25, 0.3) is 0 Å². The highest BCUT2D eigenvalue weighted by atomic mass is 19.4. The molecule has 96 valence electrons. The summed E-state index contributed by atoms with van der Waals surface area (Å²) in [6, 6.07) is 0. The quantitative estimate of drug-likeness (QED) is 0.707. The van der Waals surface area contributed by atoms with Gasteiger partial charge in [-0.2, -0.15) is 30.7 Å². The third kappa shape index (κ3) is 1.65. The van der Waals surface area contributed by atoms with Crippen LogP contribution in [0.1, 0.15) is 6.92 Å². The fraction of sp³-hybridized carbons (Fsp3) is 1.00. The van der Waals surface area contributed by atoms with Crippen LogP contribution in [-0.4, -0.2) is 37.0 Å². The van der Waals surface area contributed by atoms with E-state index in [1.54, 1.807) is 0 Å². The van der Waals surface area contributed by atoms with Crippen molar-refractivity contribution in [2.75, 3.05) is 13.2 Å². The Morgan fingerprint density at radius 3 is 1.56 bits per heavy atom. The smallest absolute Gasteiger partial charge is 0.342 e. The molecular formula is C7H7F7O2. The Morgan fingerprint density at radius 2 is 1.25 bits per heavy atom. The molecule has 2 nitrogen and oxygen atoms in total. The average molecular weight is 256 g/mol. The van der Waals surface area contributed by atoms with Gasteiger partial charge in [0.15, 0.2) is 0 Å². The fourth-order valence-corrected chi connectivity index (χ4v) is 1.16. The molecule has 0 saturated carbocycles. The van der Waals surface area contributed by atoms with Crippen molar-refractivity contribution in [3.05, 3.63) is 0 Å². The Labute approximate surface area is 85.3 Å². The van der Waals surface area contributed by atoms with Crippen molar-refractivity contribution in [1.82, 2.24) is 0 Å². The zero-order valence-electron chi connectivity index (χ0n) is 7.88. The van der Waals surface area contributed by atoms with E-state index in [2.05, 4.69) is 9.47 Å². The summed E-state index contributed by atoms with van der Waals surface area (Å²) in [5.41, 5.74) is 0. The number of rotatable bonds is 2. The first-order chi connectivity index (χ1) is 6.96. The van der Waals surface area contributed by atoms with Crippen LogP contribution in [0.15, 0.2) is 0 Å². The predicted molar refractivity (Wildman–Crippen MR) is 36.3 cm³/mol. The van der Waals surface area contributed by atoms with Gasteiger partial charge in [-0.1, -0.05) is 0 Å². The molecule has 9 heteroatoms. The van der Waals surface area contributed by atoms with Gasteiger partial charge in [0.25, 0.3) is 0 Å². The molecule has 0 atom stereocenters. The predicted octanol–water partition coefficient (Wildman–Crippen LogP) is 2.58. The van der Waals surface area contributed by atoms with Gasteiger partial charge in [0, 0.05) is 0 Å². The maximum Gasteiger partial charge on any atom is 0.460 e.